The number of fused-ring (bicyclic) bond motifs is 2. The first-order valence-corrected chi connectivity index (χ1v) is 10.5. The summed E-state index contributed by atoms with van der Waals surface area (Å²) in [7, 11) is 0. The SMILES string of the molecule is CC(C)C(C#N)N1CCN(C(=O)CN2C(=O)NC3(CCc4ccccc43)C2=O)CC1. The van der Waals surface area contributed by atoms with Crippen molar-refractivity contribution in [3.05, 3.63) is 35.4 Å². The van der Waals surface area contributed by atoms with Gasteiger partial charge in [-0.05, 0) is 29.9 Å². The Hall–Kier alpha value is -2.92. The van der Waals surface area contributed by atoms with Crippen LogP contribution in [0.15, 0.2) is 24.3 Å². The Kier molecular flexibility index (Phi) is 5.24. The predicted octanol–water partition coefficient (Wildman–Crippen LogP) is 1.07. The molecule has 1 N–H and O–H groups in total. The van der Waals surface area contributed by atoms with Crippen molar-refractivity contribution in [1.82, 2.24) is 20.0 Å². The molecule has 4 rings (SSSR count). The van der Waals surface area contributed by atoms with Gasteiger partial charge in [0.15, 0.2) is 0 Å². The van der Waals surface area contributed by atoms with Crippen molar-refractivity contribution in [1.29, 1.82) is 5.26 Å². The van der Waals surface area contributed by atoms with E-state index in [4.69, 9.17) is 0 Å². The summed E-state index contributed by atoms with van der Waals surface area (Å²) in [4.78, 5) is 43.5. The Morgan fingerprint density at radius 1 is 1.20 bits per heavy atom. The van der Waals surface area contributed by atoms with Crippen LogP contribution in [0.1, 0.15) is 31.4 Å². The van der Waals surface area contributed by atoms with Crippen molar-refractivity contribution in [3.63, 3.8) is 0 Å². The van der Waals surface area contributed by atoms with Crippen LogP contribution in [0.5, 0.6) is 0 Å². The summed E-state index contributed by atoms with van der Waals surface area (Å²) >= 11 is 0. The van der Waals surface area contributed by atoms with E-state index in [1.165, 1.54) is 0 Å². The van der Waals surface area contributed by atoms with Crippen molar-refractivity contribution in [3.8, 4) is 6.07 Å². The highest BCUT2D eigenvalue weighted by molar-refractivity contribution is 6.09. The number of aryl methyl sites for hydroxylation is 1. The molecule has 2 fully saturated rings. The number of imide groups is 1. The second-order valence-electron chi connectivity index (χ2n) is 8.62. The van der Waals surface area contributed by atoms with E-state index in [0.29, 0.717) is 32.6 Å². The van der Waals surface area contributed by atoms with Gasteiger partial charge in [0.25, 0.3) is 5.91 Å². The van der Waals surface area contributed by atoms with Crippen molar-refractivity contribution in [2.75, 3.05) is 32.7 Å². The number of rotatable bonds is 4. The van der Waals surface area contributed by atoms with E-state index in [1.807, 2.05) is 38.1 Å². The summed E-state index contributed by atoms with van der Waals surface area (Å²) in [5.74, 6) is -0.359. The zero-order valence-electron chi connectivity index (χ0n) is 17.4. The zero-order chi connectivity index (χ0) is 21.5. The van der Waals surface area contributed by atoms with E-state index in [1.54, 1.807) is 4.90 Å². The third-order valence-corrected chi connectivity index (χ3v) is 6.54. The fourth-order valence-corrected chi connectivity index (χ4v) is 4.87. The van der Waals surface area contributed by atoms with Gasteiger partial charge in [-0.3, -0.25) is 19.4 Å². The molecule has 2 unspecified atom stereocenters. The van der Waals surface area contributed by atoms with Gasteiger partial charge in [-0.15, -0.1) is 0 Å². The summed E-state index contributed by atoms with van der Waals surface area (Å²) in [5, 5.41) is 12.2. The van der Waals surface area contributed by atoms with E-state index >= 15 is 0 Å². The molecule has 0 saturated carbocycles. The molecule has 1 aromatic carbocycles. The van der Waals surface area contributed by atoms with Gasteiger partial charge in [0, 0.05) is 26.2 Å². The van der Waals surface area contributed by atoms with E-state index in [2.05, 4.69) is 16.3 Å². The summed E-state index contributed by atoms with van der Waals surface area (Å²) in [6.45, 7) is 5.97. The monoisotopic (exact) mass is 409 g/mol. The molecule has 4 amide bonds. The maximum atomic E-state index is 13.2. The van der Waals surface area contributed by atoms with Crippen LogP contribution in [0.25, 0.3) is 0 Å². The highest BCUT2D eigenvalue weighted by Crippen LogP contribution is 2.41. The number of benzene rings is 1. The van der Waals surface area contributed by atoms with Gasteiger partial charge in [0.1, 0.15) is 18.1 Å². The van der Waals surface area contributed by atoms with Gasteiger partial charge in [-0.1, -0.05) is 38.1 Å². The van der Waals surface area contributed by atoms with Gasteiger partial charge in [-0.25, -0.2) is 4.79 Å². The van der Waals surface area contributed by atoms with E-state index in [9.17, 15) is 19.6 Å². The second-order valence-corrected chi connectivity index (χ2v) is 8.62. The van der Waals surface area contributed by atoms with Crippen LogP contribution >= 0.6 is 0 Å². The van der Waals surface area contributed by atoms with Gasteiger partial charge >= 0.3 is 6.03 Å². The lowest BCUT2D eigenvalue weighted by Gasteiger charge is -2.38. The fourth-order valence-electron chi connectivity index (χ4n) is 4.87. The number of carbonyl (C=O) groups is 3. The Morgan fingerprint density at radius 3 is 2.57 bits per heavy atom. The number of piperazine rings is 1. The third-order valence-electron chi connectivity index (χ3n) is 6.54. The molecule has 1 aliphatic carbocycles. The molecule has 0 radical (unpaired) electrons. The predicted molar refractivity (Wildman–Crippen MR) is 109 cm³/mol. The number of carbonyl (C=O) groups excluding carboxylic acids is 3. The molecule has 2 saturated heterocycles. The standard InChI is InChI=1S/C22H27N5O3/c1-15(2)18(13-23)25-9-11-26(12-10-25)19(28)14-27-20(29)22(24-21(27)30)8-7-16-5-3-4-6-17(16)22/h3-6,15,18H,7-12,14H2,1-2H3,(H,24,30). The molecule has 8 heteroatoms. The minimum atomic E-state index is -1.04. The highest BCUT2D eigenvalue weighted by Gasteiger charge is 2.55. The second kappa shape index (κ2) is 7.73. The van der Waals surface area contributed by atoms with Crippen LogP contribution in [-0.2, 0) is 21.5 Å². The van der Waals surface area contributed by atoms with Crippen LogP contribution in [0.3, 0.4) is 0 Å². The Balaban J connectivity index is 1.41. The molecule has 0 bridgehead atoms. The first kappa shape index (κ1) is 20.4. The number of hydrogen-bond acceptors (Lipinski definition) is 5. The third kappa shape index (κ3) is 3.23. The van der Waals surface area contributed by atoms with Crippen LogP contribution in [0, 0.1) is 17.2 Å². The first-order valence-electron chi connectivity index (χ1n) is 10.5. The maximum Gasteiger partial charge on any atom is 0.325 e. The van der Waals surface area contributed by atoms with Gasteiger partial charge in [-0.2, -0.15) is 5.26 Å². The number of urea groups is 1. The Labute approximate surface area is 176 Å². The number of hydrogen-bond donors (Lipinski definition) is 1. The smallest absolute Gasteiger partial charge is 0.325 e. The molecule has 158 valence electrons. The Bertz CT molecular complexity index is 916. The number of nitrogens with one attached hydrogen (secondary N) is 1. The number of nitrogens with zero attached hydrogens (tertiary/aromatic N) is 4. The lowest BCUT2D eigenvalue weighted by atomic mass is 9.92. The molecular formula is C22H27N5O3. The number of amides is 4. The van der Waals surface area contributed by atoms with Crippen molar-refractivity contribution < 1.29 is 14.4 Å². The lowest BCUT2D eigenvalue weighted by Crippen LogP contribution is -2.54. The zero-order valence-corrected chi connectivity index (χ0v) is 17.4. The summed E-state index contributed by atoms with van der Waals surface area (Å²) < 4.78 is 0. The van der Waals surface area contributed by atoms with Crippen LogP contribution in [0.2, 0.25) is 0 Å². The van der Waals surface area contributed by atoms with Crippen LogP contribution < -0.4 is 5.32 Å². The fraction of sp³-hybridized carbons (Fsp3) is 0.545. The minimum Gasteiger partial charge on any atom is -0.339 e. The van der Waals surface area contributed by atoms with Crippen molar-refractivity contribution in [2.45, 2.75) is 38.3 Å². The van der Waals surface area contributed by atoms with Crippen molar-refractivity contribution >= 4 is 17.8 Å². The van der Waals surface area contributed by atoms with Gasteiger partial charge in [0.2, 0.25) is 5.91 Å². The molecule has 0 aromatic heterocycles. The highest BCUT2D eigenvalue weighted by atomic mass is 16.2. The van der Waals surface area contributed by atoms with E-state index in [0.717, 1.165) is 22.4 Å². The quantitative estimate of drug-likeness (QED) is 0.751. The molecule has 1 aromatic rings. The molecule has 3 aliphatic rings. The average molecular weight is 409 g/mol. The molecule has 30 heavy (non-hydrogen) atoms. The summed E-state index contributed by atoms with van der Waals surface area (Å²) in [6.07, 6.45) is 1.24. The normalized spacial score (nSPS) is 24.9. The molecule has 2 atom stereocenters. The van der Waals surface area contributed by atoms with E-state index in [-0.39, 0.29) is 30.3 Å². The number of nitriles is 1. The molecule has 8 nitrogen and oxygen atoms in total. The van der Waals surface area contributed by atoms with Gasteiger partial charge in [0.05, 0.1) is 6.07 Å². The molecule has 1 spiro atoms. The molecular weight excluding hydrogens is 382 g/mol. The van der Waals surface area contributed by atoms with E-state index < -0.39 is 11.6 Å². The van der Waals surface area contributed by atoms with Crippen LogP contribution in [-0.4, -0.2) is 71.3 Å². The molecule has 2 heterocycles. The average Bonchev–Trinajstić information content (AvgIpc) is 3.22. The summed E-state index contributed by atoms with van der Waals surface area (Å²) in [5.41, 5.74) is 0.861. The van der Waals surface area contributed by atoms with Crippen LogP contribution in [0.4, 0.5) is 4.79 Å². The maximum absolute atomic E-state index is 13.2. The first-order chi connectivity index (χ1) is 14.4. The van der Waals surface area contributed by atoms with Crippen molar-refractivity contribution in [2.24, 2.45) is 5.92 Å². The molecule has 2 aliphatic heterocycles. The topological polar surface area (TPSA) is 96.8 Å². The minimum absolute atomic E-state index is 0.171. The lowest BCUT2D eigenvalue weighted by molar-refractivity contribution is -0.140. The largest absolute Gasteiger partial charge is 0.339 e. The Morgan fingerprint density at radius 2 is 1.90 bits per heavy atom. The van der Waals surface area contributed by atoms with Gasteiger partial charge < -0.3 is 10.2 Å². The summed E-state index contributed by atoms with van der Waals surface area (Å²) in [6, 6.07) is 9.31.